The van der Waals surface area contributed by atoms with E-state index in [0.29, 0.717) is 0 Å². The fraction of sp³-hybridized carbons (Fsp3) is 0.100. The predicted molar refractivity (Wildman–Crippen MR) is 56.9 cm³/mol. The van der Waals surface area contributed by atoms with Crippen LogP contribution in [0.25, 0.3) is 10.8 Å². The van der Waals surface area contributed by atoms with E-state index in [1.807, 2.05) is 31.2 Å². The number of benzene rings is 1. The minimum atomic E-state index is 0.0706. The standard InChI is InChI=1S/C10H10BNO/c1-7-2-3-8-4-5-12(11)10(13)9(8)6-7/h2-6H,11H2,1H3. The van der Waals surface area contributed by atoms with Gasteiger partial charge in [-0.05, 0) is 30.6 Å². The van der Waals surface area contributed by atoms with Crippen molar-refractivity contribution in [3.63, 3.8) is 0 Å². The molecule has 2 nitrogen and oxygen atoms in total. The lowest BCUT2D eigenvalue weighted by Crippen LogP contribution is -2.17. The van der Waals surface area contributed by atoms with E-state index >= 15 is 0 Å². The van der Waals surface area contributed by atoms with Crippen LogP contribution in [0.2, 0.25) is 0 Å². The van der Waals surface area contributed by atoms with Gasteiger partial charge in [0.25, 0.3) is 0 Å². The lowest BCUT2D eigenvalue weighted by atomic mass is 10.1. The first-order valence-electron chi connectivity index (χ1n) is 4.24. The van der Waals surface area contributed by atoms with E-state index in [2.05, 4.69) is 0 Å². The summed E-state index contributed by atoms with van der Waals surface area (Å²) in [7, 11) is 1.77. The average Bonchev–Trinajstić information content (AvgIpc) is 2.12. The summed E-state index contributed by atoms with van der Waals surface area (Å²) < 4.78 is 1.60. The van der Waals surface area contributed by atoms with Crippen LogP contribution < -0.4 is 5.56 Å². The molecule has 0 aliphatic heterocycles. The van der Waals surface area contributed by atoms with E-state index in [1.165, 1.54) is 0 Å². The Labute approximate surface area is 77.2 Å². The molecule has 1 aromatic carbocycles. The summed E-state index contributed by atoms with van der Waals surface area (Å²) in [6, 6.07) is 7.88. The molecule has 0 saturated heterocycles. The van der Waals surface area contributed by atoms with E-state index in [9.17, 15) is 4.79 Å². The Bertz CT molecular complexity index is 511. The van der Waals surface area contributed by atoms with Crippen molar-refractivity contribution in [1.82, 2.24) is 4.48 Å². The number of hydrogen-bond acceptors (Lipinski definition) is 1. The van der Waals surface area contributed by atoms with Crippen molar-refractivity contribution in [2.24, 2.45) is 0 Å². The highest BCUT2D eigenvalue weighted by atomic mass is 16.1. The first-order chi connectivity index (χ1) is 6.18. The third-order valence-corrected chi connectivity index (χ3v) is 2.24. The number of hydrogen-bond donors (Lipinski definition) is 0. The monoisotopic (exact) mass is 171 g/mol. The molecule has 2 aromatic rings. The Morgan fingerprint density at radius 1 is 1.31 bits per heavy atom. The van der Waals surface area contributed by atoms with Gasteiger partial charge in [0.2, 0.25) is 13.5 Å². The molecule has 1 aromatic heterocycles. The molecule has 0 saturated carbocycles. The van der Waals surface area contributed by atoms with Crippen molar-refractivity contribution in [3.8, 4) is 0 Å². The minimum absolute atomic E-state index is 0.0706. The molecule has 3 heteroatoms. The molecule has 0 aliphatic rings. The van der Waals surface area contributed by atoms with Crippen molar-refractivity contribution in [3.05, 3.63) is 46.4 Å². The highest BCUT2D eigenvalue weighted by Crippen LogP contribution is 2.10. The molecule has 0 N–H and O–H groups in total. The van der Waals surface area contributed by atoms with Crippen LogP contribution in [0.3, 0.4) is 0 Å². The fourth-order valence-electron chi connectivity index (χ4n) is 1.45. The van der Waals surface area contributed by atoms with Gasteiger partial charge in [0.05, 0.1) is 0 Å². The molecule has 0 radical (unpaired) electrons. The third-order valence-electron chi connectivity index (χ3n) is 2.24. The van der Waals surface area contributed by atoms with Gasteiger partial charge in [0.15, 0.2) is 0 Å². The maximum absolute atomic E-state index is 11.6. The van der Waals surface area contributed by atoms with Crippen LogP contribution in [0.1, 0.15) is 5.56 Å². The number of fused-ring (bicyclic) bond motifs is 1. The summed E-state index contributed by atoms with van der Waals surface area (Å²) in [5.41, 5.74) is 1.19. The molecule has 64 valence electrons. The van der Waals surface area contributed by atoms with Gasteiger partial charge in [-0.25, -0.2) is 0 Å². The van der Waals surface area contributed by atoms with Crippen molar-refractivity contribution >= 4 is 18.8 Å². The molecule has 0 amide bonds. The zero-order valence-corrected chi connectivity index (χ0v) is 7.74. The Morgan fingerprint density at radius 3 is 2.85 bits per heavy atom. The Balaban J connectivity index is 2.97. The van der Waals surface area contributed by atoms with E-state index < -0.39 is 0 Å². The summed E-state index contributed by atoms with van der Waals surface area (Å²) in [6.07, 6.45) is 1.79. The zero-order chi connectivity index (χ0) is 9.42. The first-order valence-corrected chi connectivity index (χ1v) is 4.24. The second-order valence-electron chi connectivity index (χ2n) is 3.32. The highest BCUT2D eigenvalue weighted by Gasteiger charge is 1.98. The molecule has 0 atom stereocenters. The number of aryl methyl sites for hydroxylation is 1. The van der Waals surface area contributed by atoms with Crippen molar-refractivity contribution < 1.29 is 0 Å². The van der Waals surface area contributed by atoms with Crippen LogP contribution in [0.4, 0.5) is 0 Å². The normalized spacial score (nSPS) is 10.5. The topological polar surface area (TPSA) is 22.0 Å². The summed E-state index contributed by atoms with van der Waals surface area (Å²) >= 11 is 0. The summed E-state index contributed by atoms with van der Waals surface area (Å²) in [6.45, 7) is 1.99. The van der Waals surface area contributed by atoms with Gasteiger partial charge in [0, 0.05) is 5.39 Å². The Morgan fingerprint density at radius 2 is 2.08 bits per heavy atom. The SMILES string of the molecule is Bn1ccc2ccc(C)cc2c1=O. The summed E-state index contributed by atoms with van der Waals surface area (Å²) in [4.78, 5) is 11.6. The van der Waals surface area contributed by atoms with E-state index in [4.69, 9.17) is 0 Å². The van der Waals surface area contributed by atoms with Crippen LogP contribution >= 0.6 is 0 Å². The smallest absolute Gasteiger partial charge is 0.245 e. The van der Waals surface area contributed by atoms with Gasteiger partial charge in [0.1, 0.15) is 0 Å². The van der Waals surface area contributed by atoms with Gasteiger partial charge >= 0.3 is 0 Å². The van der Waals surface area contributed by atoms with Crippen molar-refractivity contribution in [1.29, 1.82) is 0 Å². The quantitative estimate of drug-likeness (QED) is 0.535. The first kappa shape index (κ1) is 8.11. The largest absolute Gasteiger partial charge is 0.367 e. The molecule has 0 fully saturated rings. The van der Waals surface area contributed by atoms with Gasteiger partial charge < -0.3 is 4.48 Å². The van der Waals surface area contributed by atoms with Gasteiger partial charge in [-0.15, -0.1) is 0 Å². The molecular formula is C10H10BNO. The van der Waals surface area contributed by atoms with Crippen LogP contribution in [0.15, 0.2) is 35.3 Å². The highest BCUT2D eigenvalue weighted by molar-refractivity contribution is 6.07. The van der Waals surface area contributed by atoms with Gasteiger partial charge in [-0.1, -0.05) is 17.7 Å². The summed E-state index contributed by atoms with van der Waals surface area (Å²) in [5.74, 6) is 0. The second-order valence-corrected chi connectivity index (χ2v) is 3.32. The van der Waals surface area contributed by atoms with Crippen LogP contribution in [-0.4, -0.2) is 12.5 Å². The molecule has 13 heavy (non-hydrogen) atoms. The minimum Gasteiger partial charge on any atom is -0.367 e. The molecular weight excluding hydrogens is 161 g/mol. The van der Waals surface area contributed by atoms with Crippen LogP contribution in [0.5, 0.6) is 0 Å². The number of rotatable bonds is 0. The zero-order valence-electron chi connectivity index (χ0n) is 7.74. The molecule has 2 rings (SSSR count). The maximum atomic E-state index is 11.6. The molecule has 0 bridgehead atoms. The number of pyridine rings is 1. The van der Waals surface area contributed by atoms with Crippen molar-refractivity contribution in [2.45, 2.75) is 6.92 Å². The van der Waals surface area contributed by atoms with Crippen molar-refractivity contribution in [2.75, 3.05) is 0 Å². The molecule has 0 spiro atoms. The second kappa shape index (κ2) is 2.77. The van der Waals surface area contributed by atoms with E-state index in [0.717, 1.165) is 16.3 Å². The Hall–Kier alpha value is -1.51. The van der Waals surface area contributed by atoms with Crippen LogP contribution in [-0.2, 0) is 0 Å². The van der Waals surface area contributed by atoms with E-state index in [-0.39, 0.29) is 5.56 Å². The summed E-state index contributed by atoms with van der Waals surface area (Å²) in [5, 5.41) is 1.80. The molecule has 0 aliphatic carbocycles. The lowest BCUT2D eigenvalue weighted by Gasteiger charge is -2.01. The molecule has 1 heterocycles. The predicted octanol–water partition coefficient (Wildman–Crippen LogP) is 0.706. The van der Waals surface area contributed by atoms with Gasteiger partial charge in [-0.2, -0.15) is 0 Å². The van der Waals surface area contributed by atoms with Crippen LogP contribution in [0, 0.1) is 6.92 Å². The average molecular weight is 171 g/mol. The molecule has 0 unspecified atom stereocenters. The Kier molecular flexibility index (Phi) is 1.73. The van der Waals surface area contributed by atoms with E-state index in [1.54, 1.807) is 18.7 Å². The van der Waals surface area contributed by atoms with Gasteiger partial charge in [-0.3, -0.25) is 4.79 Å². The third kappa shape index (κ3) is 1.26. The fourth-order valence-corrected chi connectivity index (χ4v) is 1.45. The maximum Gasteiger partial charge on any atom is 0.245 e. The number of nitrogens with zero attached hydrogens (tertiary/aromatic N) is 1. The lowest BCUT2D eigenvalue weighted by molar-refractivity contribution is 1.15. The number of aromatic nitrogens is 1.